The van der Waals surface area contributed by atoms with E-state index in [9.17, 15) is 0 Å². The molecule has 1 radical (unpaired) electrons. The monoisotopic (exact) mass is 243 g/mol. The molecule has 63 valence electrons. The molecule has 2 nitrogen and oxygen atoms in total. The third kappa shape index (κ3) is 33.9. The first-order chi connectivity index (χ1) is 2.91. The van der Waals surface area contributed by atoms with Crippen LogP contribution in [0.4, 0.5) is 0 Å². The van der Waals surface area contributed by atoms with E-state index in [-0.39, 0.29) is 58.9 Å². The Hall–Kier alpha value is 1.50. The van der Waals surface area contributed by atoms with Crippen molar-refractivity contribution in [3.63, 3.8) is 0 Å². The molecular weight excluding hydrogens is 234 g/mol. The smallest absolute Gasteiger partial charge is 1.00 e. The van der Waals surface area contributed by atoms with Crippen LogP contribution in [0.2, 0.25) is 0 Å². The van der Waals surface area contributed by atoms with Gasteiger partial charge in [-0.1, -0.05) is 0 Å². The first-order valence-corrected chi connectivity index (χ1v) is 1.89. The molecule has 0 spiro atoms. The summed E-state index contributed by atoms with van der Waals surface area (Å²) in [5.74, 6) is 0. The summed E-state index contributed by atoms with van der Waals surface area (Å²) in [6, 6.07) is 0. The summed E-state index contributed by atoms with van der Waals surface area (Å²) in [4.78, 5) is 0. The average Bonchev–Trinajstić information content (AvgIpc) is 1.61. The van der Waals surface area contributed by atoms with Gasteiger partial charge in [-0.05, 0) is 0 Å². The average molecular weight is 244 g/mol. The van der Waals surface area contributed by atoms with Crippen LogP contribution in [-0.2, 0) is 31.2 Å². The van der Waals surface area contributed by atoms with Crippen molar-refractivity contribution in [2.24, 2.45) is 0 Å². The number of ether oxygens (including phenoxy) is 2. The van der Waals surface area contributed by atoms with Crippen molar-refractivity contribution in [1.29, 1.82) is 0 Å². The summed E-state index contributed by atoms with van der Waals surface area (Å²) in [5.41, 5.74) is 0. The van der Waals surface area contributed by atoms with Gasteiger partial charge < -0.3 is 46.7 Å². The molecule has 0 fully saturated rings. The predicted octanol–water partition coefficient (Wildman–Crippen LogP) is -8.71. The van der Waals surface area contributed by atoms with Gasteiger partial charge in [0.15, 0.2) is 0 Å². The van der Waals surface area contributed by atoms with E-state index >= 15 is 0 Å². The van der Waals surface area contributed by atoms with Crippen molar-refractivity contribution in [2.45, 2.75) is 0 Å². The van der Waals surface area contributed by atoms with Crippen LogP contribution < -0.4 is 37.2 Å². The van der Waals surface area contributed by atoms with Gasteiger partial charge in [-0.25, -0.2) is 0 Å². The number of rotatable bonds is 3. The van der Waals surface area contributed by atoms with Gasteiger partial charge in [0.2, 0.25) is 0 Å². The molecule has 0 aliphatic carbocycles. The SMILES string of the molecule is COCCOC.[Cl-].[Cl-].[Cl-].[Ti+3]. The van der Waals surface area contributed by atoms with Gasteiger partial charge in [0.1, 0.15) is 0 Å². The van der Waals surface area contributed by atoms with Crippen LogP contribution in [0, 0.1) is 0 Å². The molecule has 10 heavy (non-hydrogen) atoms. The first kappa shape index (κ1) is 30.0. The zero-order valence-corrected chi connectivity index (χ0v) is 9.69. The maximum atomic E-state index is 4.66. The Morgan fingerprint density at radius 3 is 1.10 bits per heavy atom. The van der Waals surface area contributed by atoms with Gasteiger partial charge >= 0.3 is 21.7 Å². The van der Waals surface area contributed by atoms with E-state index < -0.39 is 0 Å². The van der Waals surface area contributed by atoms with Gasteiger partial charge in [0, 0.05) is 14.2 Å². The molecular formula is C4H10Cl3O2Ti. The molecule has 0 saturated heterocycles. The quantitative estimate of drug-likeness (QED) is 0.363. The topological polar surface area (TPSA) is 18.5 Å². The van der Waals surface area contributed by atoms with Crippen LogP contribution in [-0.4, -0.2) is 27.4 Å². The van der Waals surface area contributed by atoms with Gasteiger partial charge in [0.25, 0.3) is 0 Å². The number of hydrogen-bond acceptors (Lipinski definition) is 2. The molecule has 0 atom stereocenters. The maximum absolute atomic E-state index is 4.66. The van der Waals surface area contributed by atoms with Gasteiger partial charge in [0.05, 0.1) is 13.2 Å². The Morgan fingerprint density at radius 1 is 0.800 bits per heavy atom. The summed E-state index contributed by atoms with van der Waals surface area (Å²) in [6.45, 7) is 1.38. The summed E-state index contributed by atoms with van der Waals surface area (Å²) >= 11 is 0. The van der Waals surface area contributed by atoms with Crippen LogP contribution in [0.25, 0.3) is 0 Å². The molecule has 0 aliphatic rings. The summed E-state index contributed by atoms with van der Waals surface area (Å²) < 4.78 is 9.31. The zero-order valence-electron chi connectivity index (χ0n) is 5.86. The minimum atomic E-state index is 0. The molecule has 0 aromatic rings. The van der Waals surface area contributed by atoms with Crippen LogP contribution in [0.5, 0.6) is 0 Å². The molecule has 0 rings (SSSR count). The van der Waals surface area contributed by atoms with E-state index in [1.54, 1.807) is 14.2 Å². The van der Waals surface area contributed by atoms with Crippen molar-refractivity contribution >= 4 is 0 Å². The maximum Gasteiger partial charge on any atom is 3.00 e. The molecule has 0 aromatic carbocycles. The number of methoxy groups -OCH3 is 2. The number of hydrogen-bond donors (Lipinski definition) is 0. The first-order valence-electron chi connectivity index (χ1n) is 1.89. The summed E-state index contributed by atoms with van der Waals surface area (Å²) in [5, 5.41) is 0. The molecule has 6 heteroatoms. The van der Waals surface area contributed by atoms with Crippen molar-refractivity contribution < 1.29 is 68.4 Å². The van der Waals surface area contributed by atoms with E-state index in [0.29, 0.717) is 13.2 Å². The minimum absolute atomic E-state index is 0. The normalized spacial score (nSPS) is 5.40. The summed E-state index contributed by atoms with van der Waals surface area (Å²) in [6.07, 6.45) is 0. The Labute approximate surface area is 95.5 Å². The van der Waals surface area contributed by atoms with E-state index in [1.807, 2.05) is 0 Å². The Bertz CT molecular complexity index is 30.5. The third-order valence-electron chi connectivity index (χ3n) is 0.492. The Morgan fingerprint density at radius 2 is 1.00 bits per heavy atom. The van der Waals surface area contributed by atoms with Gasteiger partial charge in [-0.3, -0.25) is 0 Å². The standard InChI is InChI=1S/C4H10O2.3ClH.Ti/c1-5-3-4-6-2;;;;/h3-4H2,1-2H3;3*1H;/q;;;;+3/p-3. The van der Waals surface area contributed by atoms with E-state index in [2.05, 4.69) is 9.47 Å². The van der Waals surface area contributed by atoms with Crippen LogP contribution in [0.1, 0.15) is 0 Å². The second-order valence-corrected chi connectivity index (χ2v) is 0.986. The van der Waals surface area contributed by atoms with Gasteiger partial charge in [-0.15, -0.1) is 0 Å². The predicted molar refractivity (Wildman–Crippen MR) is 23.8 cm³/mol. The van der Waals surface area contributed by atoms with E-state index in [4.69, 9.17) is 0 Å². The fourth-order valence-electron chi connectivity index (χ4n) is 0.167. The van der Waals surface area contributed by atoms with Gasteiger partial charge in [-0.2, -0.15) is 0 Å². The fraction of sp³-hybridized carbons (Fsp3) is 1.00. The molecule has 0 unspecified atom stereocenters. The third-order valence-corrected chi connectivity index (χ3v) is 0.492. The molecule has 0 aromatic heterocycles. The van der Waals surface area contributed by atoms with Crippen LogP contribution in [0.15, 0.2) is 0 Å². The number of halogens is 3. The van der Waals surface area contributed by atoms with Crippen LogP contribution >= 0.6 is 0 Å². The molecule has 0 heterocycles. The fourth-order valence-corrected chi connectivity index (χ4v) is 0.167. The van der Waals surface area contributed by atoms with Crippen molar-refractivity contribution in [2.75, 3.05) is 27.4 Å². The second-order valence-electron chi connectivity index (χ2n) is 0.986. The molecule has 0 aliphatic heterocycles. The van der Waals surface area contributed by atoms with Crippen molar-refractivity contribution in [3.05, 3.63) is 0 Å². The minimum Gasteiger partial charge on any atom is -1.00 e. The Kier molecular flexibility index (Phi) is 94.0. The van der Waals surface area contributed by atoms with E-state index in [0.717, 1.165) is 0 Å². The molecule has 0 amide bonds. The van der Waals surface area contributed by atoms with Crippen molar-refractivity contribution in [3.8, 4) is 0 Å². The molecule has 0 saturated carbocycles. The summed E-state index contributed by atoms with van der Waals surface area (Å²) in [7, 11) is 3.30. The molecule has 0 N–H and O–H groups in total. The Balaban J connectivity index is -0.0000000208. The van der Waals surface area contributed by atoms with Crippen molar-refractivity contribution in [1.82, 2.24) is 0 Å². The van der Waals surface area contributed by atoms with Crippen LogP contribution in [0.3, 0.4) is 0 Å². The second kappa shape index (κ2) is 31.3. The zero-order chi connectivity index (χ0) is 4.83. The molecule has 0 bridgehead atoms. The largest absolute Gasteiger partial charge is 3.00 e. The van der Waals surface area contributed by atoms with E-state index in [1.165, 1.54) is 0 Å².